The lowest BCUT2D eigenvalue weighted by molar-refractivity contribution is -0.126. The molecule has 1 aromatic carbocycles. The molecule has 3 heterocycles. The molecule has 2 aromatic heterocycles. The van der Waals surface area contributed by atoms with Crippen LogP contribution in [0.4, 0.5) is 5.82 Å². The molecule has 1 aliphatic rings. The molecule has 0 saturated carbocycles. The molecule has 6 heteroatoms. The van der Waals surface area contributed by atoms with Crippen LogP contribution in [-0.4, -0.2) is 47.2 Å². The summed E-state index contributed by atoms with van der Waals surface area (Å²) in [5.74, 6) is 1.56. The van der Waals surface area contributed by atoms with E-state index in [1.165, 1.54) is 0 Å². The minimum atomic E-state index is 0.0000499. The number of piperazine rings is 1. The minimum Gasteiger partial charge on any atom is -0.465 e. The van der Waals surface area contributed by atoms with Crippen molar-refractivity contribution in [3.63, 3.8) is 0 Å². The maximum absolute atomic E-state index is 12.3. The van der Waals surface area contributed by atoms with Gasteiger partial charge in [0, 0.05) is 43.0 Å². The van der Waals surface area contributed by atoms with Crippen molar-refractivity contribution in [2.24, 2.45) is 0 Å². The summed E-state index contributed by atoms with van der Waals surface area (Å²) in [7, 11) is 0. The summed E-state index contributed by atoms with van der Waals surface area (Å²) in [4.78, 5) is 16.3. The summed E-state index contributed by atoms with van der Waals surface area (Å²) in [6.07, 6.45) is 6.63. The number of furan rings is 1. The van der Waals surface area contributed by atoms with Gasteiger partial charge in [-0.15, -0.1) is 5.10 Å². The predicted octanol–water partition coefficient (Wildman–Crippen LogP) is 2.58. The fourth-order valence-corrected chi connectivity index (χ4v) is 3.03. The van der Waals surface area contributed by atoms with Crippen LogP contribution >= 0.6 is 0 Å². The number of carbonyl (C=O) groups excluding carboxylic acids is 1. The number of nitrogens with zero attached hydrogens (tertiary/aromatic N) is 4. The number of amides is 1. The van der Waals surface area contributed by atoms with Crippen molar-refractivity contribution in [2.45, 2.75) is 0 Å². The van der Waals surface area contributed by atoms with E-state index >= 15 is 0 Å². The topological polar surface area (TPSA) is 62.5 Å². The Labute approximate surface area is 145 Å². The van der Waals surface area contributed by atoms with E-state index in [1.807, 2.05) is 29.2 Å². The molecule has 1 fully saturated rings. The number of rotatable bonds is 3. The van der Waals surface area contributed by atoms with Crippen LogP contribution in [0.15, 0.2) is 59.4 Å². The molecular weight excluding hydrogens is 316 g/mol. The van der Waals surface area contributed by atoms with Gasteiger partial charge in [-0.25, -0.2) is 0 Å². The fraction of sp³-hybridized carbons (Fsp3) is 0.211. The van der Waals surface area contributed by atoms with Gasteiger partial charge in [0.2, 0.25) is 5.91 Å². The van der Waals surface area contributed by atoms with Crippen LogP contribution in [0.2, 0.25) is 0 Å². The maximum Gasteiger partial charge on any atom is 0.246 e. The standard InChI is InChI=1S/C19H18N4O2/c24-18(8-7-16-5-3-13-25-16)22-9-11-23(12-10-22)19-17-6-2-1-4-15(17)14-20-21-19/h1-8,13-14H,9-12H2. The quantitative estimate of drug-likeness (QED) is 0.689. The molecule has 126 valence electrons. The van der Waals surface area contributed by atoms with Gasteiger partial charge >= 0.3 is 0 Å². The Morgan fingerprint density at radius 1 is 1.08 bits per heavy atom. The average Bonchev–Trinajstić information content (AvgIpc) is 3.19. The van der Waals surface area contributed by atoms with Crippen molar-refractivity contribution in [3.05, 3.63) is 60.7 Å². The first-order chi connectivity index (χ1) is 12.3. The molecule has 0 radical (unpaired) electrons. The molecule has 3 aromatic rings. The van der Waals surface area contributed by atoms with Gasteiger partial charge in [-0.1, -0.05) is 24.3 Å². The van der Waals surface area contributed by atoms with Crippen molar-refractivity contribution in [1.82, 2.24) is 15.1 Å². The Morgan fingerprint density at radius 3 is 2.72 bits per heavy atom. The number of hydrogen-bond acceptors (Lipinski definition) is 5. The lowest BCUT2D eigenvalue weighted by Crippen LogP contribution is -2.48. The number of anilines is 1. The molecule has 1 aliphatic heterocycles. The summed E-state index contributed by atoms with van der Waals surface area (Å²) in [5.41, 5.74) is 0. The van der Waals surface area contributed by atoms with Crippen LogP contribution in [0.25, 0.3) is 16.8 Å². The Morgan fingerprint density at radius 2 is 1.92 bits per heavy atom. The second-order valence-electron chi connectivity index (χ2n) is 5.92. The first-order valence-corrected chi connectivity index (χ1v) is 8.27. The first kappa shape index (κ1) is 15.4. The zero-order valence-corrected chi connectivity index (χ0v) is 13.7. The van der Waals surface area contributed by atoms with Gasteiger partial charge < -0.3 is 14.2 Å². The van der Waals surface area contributed by atoms with E-state index in [1.54, 1.807) is 30.7 Å². The largest absolute Gasteiger partial charge is 0.465 e. The zero-order valence-electron chi connectivity index (χ0n) is 13.7. The molecular formula is C19H18N4O2. The second-order valence-corrected chi connectivity index (χ2v) is 5.92. The van der Waals surface area contributed by atoms with E-state index < -0.39 is 0 Å². The SMILES string of the molecule is O=C(C=Cc1ccco1)N1CCN(c2nncc3ccccc23)CC1. The van der Waals surface area contributed by atoms with E-state index in [0.717, 1.165) is 29.7 Å². The van der Waals surface area contributed by atoms with Gasteiger partial charge in [-0.3, -0.25) is 4.79 Å². The van der Waals surface area contributed by atoms with Crippen LogP contribution in [0.5, 0.6) is 0 Å². The lowest BCUT2D eigenvalue weighted by atomic mass is 10.1. The van der Waals surface area contributed by atoms with Crippen molar-refractivity contribution in [3.8, 4) is 0 Å². The fourth-order valence-electron chi connectivity index (χ4n) is 3.03. The van der Waals surface area contributed by atoms with Crippen LogP contribution in [0.1, 0.15) is 5.76 Å². The van der Waals surface area contributed by atoms with Crippen LogP contribution < -0.4 is 4.90 Å². The van der Waals surface area contributed by atoms with Crippen molar-refractivity contribution in [1.29, 1.82) is 0 Å². The highest BCUT2D eigenvalue weighted by Gasteiger charge is 2.22. The zero-order chi connectivity index (χ0) is 17.1. The van der Waals surface area contributed by atoms with Crippen molar-refractivity contribution < 1.29 is 9.21 Å². The highest BCUT2D eigenvalue weighted by atomic mass is 16.3. The molecule has 1 amide bonds. The summed E-state index contributed by atoms with van der Waals surface area (Å²) in [5, 5.41) is 10.6. The number of benzene rings is 1. The third kappa shape index (κ3) is 3.24. The van der Waals surface area contributed by atoms with Gasteiger partial charge in [0.1, 0.15) is 5.76 Å². The first-order valence-electron chi connectivity index (χ1n) is 8.27. The summed E-state index contributed by atoms with van der Waals surface area (Å²) in [6, 6.07) is 11.7. The highest BCUT2D eigenvalue weighted by molar-refractivity contribution is 5.93. The van der Waals surface area contributed by atoms with Crippen molar-refractivity contribution in [2.75, 3.05) is 31.1 Å². The summed E-state index contributed by atoms with van der Waals surface area (Å²) >= 11 is 0. The van der Waals surface area contributed by atoms with E-state index in [9.17, 15) is 4.79 Å². The highest BCUT2D eigenvalue weighted by Crippen LogP contribution is 2.24. The molecule has 0 aliphatic carbocycles. The van der Waals surface area contributed by atoms with E-state index in [4.69, 9.17) is 4.42 Å². The molecule has 0 bridgehead atoms. The number of carbonyl (C=O) groups is 1. The summed E-state index contributed by atoms with van der Waals surface area (Å²) in [6.45, 7) is 2.80. The van der Waals surface area contributed by atoms with E-state index in [-0.39, 0.29) is 5.91 Å². The van der Waals surface area contributed by atoms with Gasteiger partial charge in [0.15, 0.2) is 5.82 Å². The Kier molecular flexibility index (Phi) is 4.16. The number of fused-ring (bicyclic) bond motifs is 1. The normalized spacial score (nSPS) is 15.2. The maximum atomic E-state index is 12.3. The van der Waals surface area contributed by atoms with Gasteiger partial charge in [0.05, 0.1) is 12.5 Å². The van der Waals surface area contributed by atoms with E-state index in [2.05, 4.69) is 21.2 Å². The minimum absolute atomic E-state index is 0.0000499. The van der Waals surface area contributed by atoms with Crippen LogP contribution in [-0.2, 0) is 4.79 Å². The third-order valence-electron chi connectivity index (χ3n) is 4.38. The monoisotopic (exact) mass is 334 g/mol. The van der Waals surface area contributed by atoms with Gasteiger partial charge in [0.25, 0.3) is 0 Å². The number of hydrogen-bond donors (Lipinski definition) is 0. The molecule has 25 heavy (non-hydrogen) atoms. The Bertz CT molecular complexity index is 891. The average molecular weight is 334 g/mol. The van der Waals surface area contributed by atoms with E-state index in [0.29, 0.717) is 18.8 Å². The molecule has 0 spiro atoms. The van der Waals surface area contributed by atoms with Gasteiger partial charge in [-0.05, 0) is 18.2 Å². The Balaban J connectivity index is 1.43. The predicted molar refractivity (Wildman–Crippen MR) is 96.1 cm³/mol. The molecule has 0 atom stereocenters. The smallest absolute Gasteiger partial charge is 0.246 e. The van der Waals surface area contributed by atoms with Crippen LogP contribution in [0.3, 0.4) is 0 Å². The molecule has 1 saturated heterocycles. The Hall–Kier alpha value is -3.15. The molecule has 0 unspecified atom stereocenters. The lowest BCUT2D eigenvalue weighted by Gasteiger charge is -2.35. The second kappa shape index (κ2) is 6.76. The molecule has 6 nitrogen and oxygen atoms in total. The third-order valence-corrected chi connectivity index (χ3v) is 4.38. The number of aromatic nitrogens is 2. The molecule has 0 N–H and O–H groups in total. The molecule has 4 rings (SSSR count). The van der Waals surface area contributed by atoms with Crippen molar-refractivity contribution >= 4 is 28.6 Å². The van der Waals surface area contributed by atoms with Crippen LogP contribution in [0, 0.1) is 0 Å². The summed E-state index contributed by atoms with van der Waals surface area (Å²) < 4.78 is 5.21. The van der Waals surface area contributed by atoms with Gasteiger partial charge in [-0.2, -0.15) is 5.10 Å².